The number of hydrogen-bond donors (Lipinski definition) is 0. The van der Waals surface area contributed by atoms with Crippen molar-refractivity contribution in [1.82, 2.24) is 14.8 Å². The predicted octanol–water partition coefficient (Wildman–Crippen LogP) is 5.03. The fraction of sp³-hybridized carbons (Fsp3) is 0.263. The molecular formula is C19H20FN3S. The topological polar surface area (TPSA) is 30.7 Å². The molecule has 0 bridgehead atoms. The Morgan fingerprint density at radius 3 is 2.42 bits per heavy atom. The van der Waals surface area contributed by atoms with Gasteiger partial charge in [-0.3, -0.25) is 0 Å². The van der Waals surface area contributed by atoms with E-state index in [-0.39, 0.29) is 5.82 Å². The fourth-order valence-corrected chi connectivity index (χ4v) is 3.42. The molecule has 2 aromatic carbocycles. The van der Waals surface area contributed by atoms with E-state index in [1.165, 1.54) is 17.8 Å². The van der Waals surface area contributed by atoms with Crippen molar-refractivity contribution in [3.05, 3.63) is 66.0 Å². The van der Waals surface area contributed by atoms with E-state index in [2.05, 4.69) is 28.6 Å². The van der Waals surface area contributed by atoms with Gasteiger partial charge in [0.1, 0.15) is 5.82 Å². The van der Waals surface area contributed by atoms with Crippen molar-refractivity contribution in [3.63, 3.8) is 0 Å². The summed E-state index contributed by atoms with van der Waals surface area (Å²) in [7, 11) is 0. The van der Waals surface area contributed by atoms with E-state index in [0.717, 1.165) is 23.1 Å². The average Bonchev–Trinajstić information content (AvgIpc) is 2.97. The Labute approximate surface area is 145 Å². The zero-order chi connectivity index (χ0) is 16.9. The molecule has 124 valence electrons. The normalized spacial score (nSPS) is 11.2. The predicted molar refractivity (Wildman–Crippen MR) is 96.3 cm³/mol. The summed E-state index contributed by atoms with van der Waals surface area (Å²) in [6, 6.07) is 16.9. The van der Waals surface area contributed by atoms with E-state index in [9.17, 15) is 4.39 Å². The van der Waals surface area contributed by atoms with Crippen molar-refractivity contribution in [2.75, 3.05) is 0 Å². The molecule has 3 nitrogen and oxygen atoms in total. The van der Waals surface area contributed by atoms with E-state index in [0.29, 0.717) is 17.2 Å². The highest BCUT2D eigenvalue weighted by Crippen LogP contribution is 2.27. The van der Waals surface area contributed by atoms with E-state index in [1.54, 1.807) is 6.07 Å². The second-order valence-electron chi connectivity index (χ2n) is 6.06. The molecule has 3 rings (SSSR count). The zero-order valence-corrected chi connectivity index (χ0v) is 14.6. The van der Waals surface area contributed by atoms with Crippen LogP contribution in [0.1, 0.15) is 19.4 Å². The first-order chi connectivity index (χ1) is 11.6. The molecule has 0 unspecified atom stereocenters. The van der Waals surface area contributed by atoms with E-state index in [1.807, 2.05) is 42.5 Å². The van der Waals surface area contributed by atoms with Gasteiger partial charge in [0, 0.05) is 17.9 Å². The quantitative estimate of drug-likeness (QED) is 0.589. The number of halogens is 1. The lowest BCUT2D eigenvalue weighted by Gasteiger charge is -2.12. The highest BCUT2D eigenvalue weighted by molar-refractivity contribution is 7.98. The molecule has 0 fully saturated rings. The molecule has 24 heavy (non-hydrogen) atoms. The van der Waals surface area contributed by atoms with Gasteiger partial charge in [0.2, 0.25) is 0 Å². The lowest BCUT2D eigenvalue weighted by molar-refractivity contribution is 0.498. The molecule has 0 saturated carbocycles. The van der Waals surface area contributed by atoms with Crippen LogP contribution < -0.4 is 0 Å². The molecule has 0 N–H and O–H groups in total. The van der Waals surface area contributed by atoms with Gasteiger partial charge in [-0.05, 0) is 17.5 Å². The van der Waals surface area contributed by atoms with Crippen LogP contribution >= 0.6 is 11.8 Å². The van der Waals surface area contributed by atoms with Gasteiger partial charge in [-0.25, -0.2) is 4.39 Å². The minimum Gasteiger partial charge on any atom is -0.302 e. The molecule has 0 saturated heterocycles. The molecule has 0 aliphatic rings. The van der Waals surface area contributed by atoms with Crippen LogP contribution in [0, 0.1) is 11.7 Å². The van der Waals surface area contributed by atoms with Crippen LogP contribution in [0.15, 0.2) is 59.8 Å². The Kier molecular flexibility index (Phi) is 5.30. The fourth-order valence-electron chi connectivity index (χ4n) is 2.48. The number of aromatic nitrogens is 3. The Morgan fingerprint density at radius 1 is 1.00 bits per heavy atom. The van der Waals surface area contributed by atoms with E-state index in [4.69, 9.17) is 0 Å². The molecule has 0 spiro atoms. The molecule has 0 aliphatic carbocycles. The van der Waals surface area contributed by atoms with Crippen LogP contribution in [-0.2, 0) is 12.3 Å². The molecule has 0 amide bonds. The maximum absolute atomic E-state index is 13.8. The van der Waals surface area contributed by atoms with Crippen LogP contribution in [0.2, 0.25) is 0 Å². The van der Waals surface area contributed by atoms with Crippen LogP contribution in [0.3, 0.4) is 0 Å². The maximum Gasteiger partial charge on any atom is 0.191 e. The first kappa shape index (κ1) is 16.7. The Bertz CT molecular complexity index is 799. The van der Waals surface area contributed by atoms with Crippen molar-refractivity contribution in [3.8, 4) is 11.4 Å². The molecule has 1 heterocycles. The third-order valence-corrected chi connectivity index (χ3v) is 4.63. The van der Waals surface area contributed by atoms with Crippen LogP contribution in [-0.4, -0.2) is 14.8 Å². The minimum atomic E-state index is -0.178. The highest BCUT2D eigenvalue weighted by Gasteiger charge is 2.15. The number of hydrogen-bond acceptors (Lipinski definition) is 3. The van der Waals surface area contributed by atoms with Gasteiger partial charge in [-0.2, -0.15) is 0 Å². The summed E-state index contributed by atoms with van der Waals surface area (Å²) in [4.78, 5) is 0. The SMILES string of the molecule is CC(C)Cn1c(SCc2ccccc2F)nnc1-c1ccccc1. The monoisotopic (exact) mass is 341 g/mol. The summed E-state index contributed by atoms with van der Waals surface area (Å²) in [6.45, 7) is 5.16. The summed E-state index contributed by atoms with van der Waals surface area (Å²) in [5.74, 6) is 1.69. The summed E-state index contributed by atoms with van der Waals surface area (Å²) in [5, 5.41) is 9.54. The molecule has 5 heteroatoms. The van der Waals surface area contributed by atoms with Crippen LogP contribution in [0.4, 0.5) is 4.39 Å². The zero-order valence-electron chi connectivity index (χ0n) is 13.8. The summed E-state index contributed by atoms with van der Waals surface area (Å²) in [5.41, 5.74) is 1.73. The minimum absolute atomic E-state index is 0.178. The molecule has 0 radical (unpaired) electrons. The van der Waals surface area contributed by atoms with Crippen molar-refractivity contribution in [1.29, 1.82) is 0 Å². The maximum atomic E-state index is 13.8. The largest absolute Gasteiger partial charge is 0.302 e. The Hall–Kier alpha value is -2.14. The first-order valence-electron chi connectivity index (χ1n) is 8.00. The molecule has 0 atom stereocenters. The van der Waals surface area contributed by atoms with Gasteiger partial charge < -0.3 is 4.57 Å². The number of rotatable bonds is 6. The second kappa shape index (κ2) is 7.62. The van der Waals surface area contributed by atoms with Gasteiger partial charge >= 0.3 is 0 Å². The molecular weight excluding hydrogens is 321 g/mol. The van der Waals surface area contributed by atoms with Gasteiger partial charge in [-0.1, -0.05) is 74.1 Å². The van der Waals surface area contributed by atoms with Crippen molar-refractivity contribution < 1.29 is 4.39 Å². The highest BCUT2D eigenvalue weighted by atomic mass is 32.2. The third kappa shape index (κ3) is 3.85. The molecule has 0 aliphatic heterocycles. The molecule has 1 aromatic heterocycles. The second-order valence-corrected chi connectivity index (χ2v) is 7.00. The van der Waals surface area contributed by atoms with Crippen molar-refractivity contribution in [2.24, 2.45) is 5.92 Å². The summed E-state index contributed by atoms with van der Waals surface area (Å²) < 4.78 is 15.9. The van der Waals surface area contributed by atoms with E-state index >= 15 is 0 Å². The Morgan fingerprint density at radius 2 is 1.71 bits per heavy atom. The average molecular weight is 341 g/mol. The smallest absolute Gasteiger partial charge is 0.191 e. The van der Waals surface area contributed by atoms with Crippen LogP contribution in [0.5, 0.6) is 0 Å². The van der Waals surface area contributed by atoms with Gasteiger partial charge in [-0.15, -0.1) is 10.2 Å². The molecule has 3 aromatic rings. The lowest BCUT2D eigenvalue weighted by Crippen LogP contribution is -2.08. The lowest BCUT2D eigenvalue weighted by atomic mass is 10.2. The van der Waals surface area contributed by atoms with Gasteiger partial charge in [0.05, 0.1) is 0 Å². The van der Waals surface area contributed by atoms with E-state index < -0.39 is 0 Å². The third-order valence-electron chi connectivity index (χ3n) is 3.61. The standard InChI is InChI=1S/C19H20FN3S/c1-14(2)12-23-18(15-8-4-3-5-9-15)21-22-19(23)24-13-16-10-6-7-11-17(16)20/h3-11,14H,12-13H2,1-2H3. The van der Waals surface area contributed by atoms with Crippen molar-refractivity contribution >= 4 is 11.8 Å². The van der Waals surface area contributed by atoms with Gasteiger partial charge in [0.15, 0.2) is 11.0 Å². The first-order valence-corrected chi connectivity index (χ1v) is 8.98. The summed E-state index contributed by atoms with van der Waals surface area (Å²) in [6.07, 6.45) is 0. The van der Waals surface area contributed by atoms with Gasteiger partial charge in [0.25, 0.3) is 0 Å². The van der Waals surface area contributed by atoms with Crippen molar-refractivity contribution in [2.45, 2.75) is 31.3 Å². The number of nitrogens with zero attached hydrogens (tertiary/aromatic N) is 3. The number of thioether (sulfide) groups is 1. The summed E-state index contributed by atoms with van der Waals surface area (Å²) >= 11 is 1.52. The number of benzene rings is 2. The van der Waals surface area contributed by atoms with Crippen LogP contribution in [0.25, 0.3) is 11.4 Å². The Balaban J connectivity index is 1.88.